The summed E-state index contributed by atoms with van der Waals surface area (Å²) < 4.78 is 45.5. The minimum atomic E-state index is -4.50. The molecule has 3 aliphatic rings. The number of rotatable bonds is 2. The molecule has 7 nitrogen and oxygen atoms in total. The van der Waals surface area contributed by atoms with Crippen LogP contribution in [0.2, 0.25) is 0 Å². The van der Waals surface area contributed by atoms with E-state index >= 15 is 0 Å². The third-order valence-corrected chi connectivity index (χ3v) is 4.83. The normalized spacial score (nSPS) is 26.6. The number of hydrogen-bond acceptors (Lipinski definition) is 6. The van der Waals surface area contributed by atoms with E-state index in [4.69, 9.17) is 4.74 Å². The molecular formula is C17H20F3N5O2. The molecular weight excluding hydrogens is 363 g/mol. The maximum atomic E-state index is 13.4. The molecule has 3 heterocycles. The first-order valence-corrected chi connectivity index (χ1v) is 8.66. The monoisotopic (exact) mass is 383 g/mol. The Hall–Kier alpha value is -2.14. The molecule has 2 fully saturated rings. The topological polar surface area (TPSA) is 68.9 Å². The second-order valence-electron chi connectivity index (χ2n) is 6.73. The number of ether oxygens (including phenoxy) is 1. The molecule has 1 aromatic rings. The minimum absolute atomic E-state index is 0.0399. The molecule has 3 N–H and O–H groups in total. The lowest BCUT2D eigenvalue weighted by atomic mass is 10.1. The number of carbonyl (C=O) groups is 1. The van der Waals surface area contributed by atoms with E-state index < -0.39 is 24.2 Å². The van der Waals surface area contributed by atoms with E-state index in [1.165, 1.54) is 23.3 Å². The van der Waals surface area contributed by atoms with Crippen LogP contribution in [0, 0.1) is 6.92 Å². The molecule has 0 saturated carbocycles. The number of anilines is 1. The first-order chi connectivity index (χ1) is 12.8. The molecule has 2 atom stereocenters. The molecule has 0 bridgehead atoms. The molecule has 27 heavy (non-hydrogen) atoms. The highest BCUT2D eigenvalue weighted by Gasteiger charge is 2.41. The van der Waals surface area contributed by atoms with Crippen molar-refractivity contribution in [2.24, 2.45) is 0 Å². The number of alkyl halides is 3. The van der Waals surface area contributed by atoms with Crippen LogP contribution in [0.4, 0.5) is 18.9 Å². The molecule has 0 radical (unpaired) electrons. The van der Waals surface area contributed by atoms with Crippen LogP contribution in [0.25, 0.3) is 0 Å². The Morgan fingerprint density at radius 3 is 2.67 bits per heavy atom. The Labute approximate surface area is 154 Å². The van der Waals surface area contributed by atoms with Crippen LogP contribution in [0.5, 0.6) is 0 Å². The molecule has 10 heteroatoms. The molecule has 0 aliphatic carbocycles. The van der Waals surface area contributed by atoms with Gasteiger partial charge in [0, 0.05) is 19.3 Å². The standard InChI is InChI=1S/C17H20F3N5O2/c1-10-2-3-12(17(18,19)20)13(8-10)25-9-11-14(23-25)21-16(22-15(11)26)24-4-6-27-7-5-24/h2-3,8-9,14,16,21,23H,4-7H2,1H3,(H,22,26). The molecule has 0 aromatic heterocycles. The van der Waals surface area contributed by atoms with Gasteiger partial charge in [0.2, 0.25) is 0 Å². The Morgan fingerprint density at radius 1 is 1.22 bits per heavy atom. The summed E-state index contributed by atoms with van der Waals surface area (Å²) in [6, 6.07) is 3.92. The van der Waals surface area contributed by atoms with Gasteiger partial charge in [-0.15, -0.1) is 0 Å². The van der Waals surface area contributed by atoms with Crippen molar-refractivity contribution in [3.8, 4) is 0 Å². The van der Waals surface area contributed by atoms with Gasteiger partial charge in [0.25, 0.3) is 5.91 Å². The summed E-state index contributed by atoms with van der Waals surface area (Å²) in [5.74, 6) is -0.313. The predicted octanol–water partition coefficient (Wildman–Crippen LogP) is 0.884. The molecule has 1 amide bonds. The number of nitrogens with zero attached hydrogens (tertiary/aromatic N) is 2. The highest BCUT2D eigenvalue weighted by atomic mass is 19.4. The van der Waals surface area contributed by atoms with Gasteiger partial charge in [-0.2, -0.15) is 13.2 Å². The van der Waals surface area contributed by atoms with Crippen molar-refractivity contribution < 1.29 is 22.7 Å². The molecule has 0 spiro atoms. The van der Waals surface area contributed by atoms with Crippen molar-refractivity contribution in [2.75, 3.05) is 31.3 Å². The summed E-state index contributed by atoms with van der Waals surface area (Å²) in [5.41, 5.74) is 3.19. The van der Waals surface area contributed by atoms with Gasteiger partial charge in [0.15, 0.2) is 0 Å². The van der Waals surface area contributed by atoms with Crippen LogP contribution in [0.1, 0.15) is 11.1 Å². The van der Waals surface area contributed by atoms with Crippen LogP contribution >= 0.6 is 0 Å². The minimum Gasteiger partial charge on any atom is -0.379 e. The predicted molar refractivity (Wildman–Crippen MR) is 91.1 cm³/mol. The van der Waals surface area contributed by atoms with Gasteiger partial charge in [-0.1, -0.05) is 6.07 Å². The fraction of sp³-hybridized carbons (Fsp3) is 0.471. The van der Waals surface area contributed by atoms with E-state index in [9.17, 15) is 18.0 Å². The van der Waals surface area contributed by atoms with Crippen molar-refractivity contribution in [3.05, 3.63) is 41.1 Å². The van der Waals surface area contributed by atoms with Gasteiger partial charge >= 0.3 is 6.18 Å². The third-order valence-electron chi connectivity index (χ3n) is 4.83. The number of fused-ring (bicyclic) bond motifs is 1. The summed E-state index contributed by atoms with van der Waals surface area (Å²) in [5, 5.41) is 7.34. The number of carbonyl (C=O) groups excluding carboxylic acids is 1. The van der Waals surface area contributed by atoms with Crippen LogP contribution in [-0.2, 0) is 15.7 Å². The van der Waals surface area contributed by atoms with E-state index in [-0.39, 0.29) is 11.6 Å². The van der Waals surface area contributed by atoms with E-state index in [2.05, 4.69) is 16.1 Å². The average molecular weight is 383 g/mol. The largest absolute Gasteiger partial charge is 0.418 e. The molecule has 2 unspecified atom stereocenters. The van der Waals surface area contributed by atoms with E-state index in [0.717, 1.165) is 6.07 Å². The first-order valence-electron chi connectivity index (χ1n) is 8.66. The highest BCUT2D eigenvalue weighted by molar-refractivity contribution is 5.96. The summed E-state index contributed by atoms with van der Waals surface area (Å²) in [6.07, 6.45) is -4.07. The number of hydrogen-bond donors (Lipinski definition) is 3. The fourth-order valence-corrected chi connectivity index (χ4v) is 3.44. The summed E-state index contributed by atoms with van der Waals surface area (Å²) in [6.45, 7) is 4.17. The number of aryl methyl sites for hydroxylation is 1. The SMILES string of the molecule is Cc1ccc(C(F)(F)F)c(N2C=C3C(=O)NC(N4CCOCC4)NC3N2)c1. The second-order valence-corrected chi connectivity index (χ2v) is 6.73. The quantitative estimate of drug-likeness (QED) is 0.705. The van der Waals surface area contributed by atoms with Crippen LogP contribution in [-0.4, -0.2) is 49.6 Å². The van der Waals surface area contributed by atoms with E-state index in [1.54, 1.807) is 6.92 Å². The number of amides is 1. The van der Waals surface area contributed by atoms with Crippen molar-refractivity contribution in [1.29, 1.82) is 0 Å². The number of morpholine rings is 1. The number of benzene rings is 1. The van der Waals surface area contributed by atoms with Crippen molar-refractivity contribution in [2.45, 2.75) is 25.6 Å². The van der Waals surface area contributed by atoms with Crippen LogP contribution in [0.15, 0.2) is 30.0 Å². The van der Waals surface area contributed by atoms with Crippen LogP contribution < -0.4 is 21.1 Å². The molecule has 3 aliphatic heterocycles. The zero-order valence-corrected chi connectivity index (χ0v) is 14.6. The molecule has 1 aromatic carbocycles. The van der Waals surface area contributed by atoms with Gasteiger partial charge in [-0.25, -0.2) is 5.43 Å². The lowest BCUT2D eigenvalue weighted by Gasteiger charge is -2.40. The van der Waals surface area contributed by atoms with Gasteiger partial charge in [0.1, 0.15) is 12.5 Å². The van der Waals surface area contributed by atoms with Gasteiger partial charge in [-0.05, 0) is 24.6 Å². The highest BCUT2D eigenvalue weighted by Crippen LogP contribution is 2.38. The van der Waals surface area contributed by atoms with Crippen molar-refractivity contribution in [1.82, 2.24) is 21.0 Å². The number of nitrogens with one attached hydrogen (secondary N) is 3. The Bertz CT molecular complexity index is 776. The Balaban J connectivity index is 1.58. The van der Waals surface area contributed by atoms with Gasteiger partial charge in [-0.3, -0.25) is 20.0 Å². The van der Waals surface area contributed by atoms with Gasteiger partial charge in [0.05, 0.1) is 30.0 Å². The Kier molecular flexibility index (Phi) is 4.58. The molecule has 146 valence electrons. The van der Waals surface area contributed by atoms with E-state index in [1.807, 2.05) is 4.90 Å². The van der Waals surface area contributed by atoms with Crippen molar-refractivity contribution in [3.63, 3.8) is 0 Å². The van der Waals surface area contributed by atoms with Crippen molar-refractivity contribution >= 4 is 11.6 Å². The second kappa shape index (κ2) is 6.79. The maximum Gasteiger partial charge on any atom is 0.418 e. The number of halogens is 3. The fourth-order valence-electron chi connectivity index (χ4n) is 3.44. The van der Waals surface area contributed by atoms with E-state index in [0.29, 0.717) is 37.4 Å². The molecule has 4 rings (SSSR count). The first kappa shape index (κ1) is 18.2. The lowest BCUT2D eigenvalue weighted by Crippen LogP contribution is -2.68. The zero-order chi connectivity index (χ0) is 19.2. The third kappa shape index (κ3) is 3.53. The maximum absolute atomic E-state index is 13.4. The van der Waals surface area contributed by atoms with Gasteiger partial charge < -0.3 is 10.1 Å². The zero-order valence-electron chi connectivity index (χ0n) is 14.6. The number of hydrazine groups is 1. The average Bonchev–Trinajstić information content (AvgIpc) is 3.06. The Morgan fingerprint density at radius 2 is 1.96 bits per heavy atom. The summed E-state index contributed by atoms with van der Waals surface area (Å²) in [7, 11) is 0. The lowest BCUT2D eigenvalue weighted by molar-refractivity contribution is -0.137. The summed E-state index contributed by atoms with van der Waals surface area (Å²) in [4.78, 5) is 14.5. The molecule has 2 saturated heterocycles. The van der Waals surface area contributed by atoms with Crippen LogP contribution in [0.3, 0.4) is 0 Å². The smallest absolute Gasteiger partial charge is 0.379 e. The summed E-state index contributed by atoms with van der Waals surface area (Å²) >= 11 is 0.